The number of nitrogens with one attached hydrogen (secondary N) is 1. The van der Waals surface area contributed by atoms with Gasteiger partial charge in [0.2, 0.25) is 10.0 Å². The Hall–Kier alpha value is -2.32. The summed E-state index contributed by atoms with van der Waals surface area (Å²) in [6.07, 6.45) is 8.20. The molecular formula is C20H23N5O2S. The van der Waals surface area contributed by atoms with E-state index in [1.807, 2.05) is 12.3 Å². The normalized spacial score (nSPS) is 25.2. The van der Waals surface area contributed by atoms with E-state index in [1.165, 1.54) is 31.7 Å². The Balaban J connectivity index is 1.43. The van der Waals surface area contributed by atoms with Gasteiger partial charge in [-0.1, -0.05) is 18.6 Å². The number of aliphatic imine (C=N–C) groups is 1. The number of nitrogens with zero attached hydrogens (tertiary/aromatic N) is 3. The minimum absolute atomic E-state index is 0.106. The minimum atomic E-state index is -3.73. The van der Waals surface area contributed by atoms with Crippen LogP contribution in [0.2, 0.25) is 0 Å². The van der Waals surface area contributed by atoms with E-state index < -0.39 is 10.0 Å². The van der Waals surface area contributed by atoms with Crippen molar-refractivity contribution in [2.24, 2.45) is 22.0 Å². The van der Waals surface area contributed by atoms with Gasteiger partial charge in [0.25, 0.3) is 0 Å². The molecule has 28 heavy (non-hydrogen) atoms. The highest BCUT2D eigenvalue weighted by Crippen LogP contribution is 2.46. The van der Waals surface area contributed by atoms with E-state index >= 15 is 0 Å². The summed E-state index contributed by atoms with van der Waals surface area (Å²) in [7, 11) is -3.73. The molecule has 3 atom stereocenters. The Kier molecular flexibility index (Phi) is 4.21. The van der Waals surface area contributed by atoms with Gasteiger partial charge in [0.05, 0.1) is 10.6 Å². The molecule has 3 aliphatic rings. The molecule has 5 rings (SSSR count). The molecule has 1 aromatic carbocycles. The zero-order valence-corrected chi connectivity index (χ0v) is 16.3. The average molecular weight is 398 g/mol. The molecule has 0 spiro atoms. The van der Waals surface area contributed by atoms with Crippen LogP contribution < -0.4 is 10.5 Å². The van der Waals surface area contributed by atoms with Crippen molar-refractivity contribution >= 4 is 27.7 Å². The van der Waals surface area contributed by atoms with Crippen LogP contribution in [0.4, 0.5) is 11.5 Å². The minimum Gasteiger partial charge on any atom is -0.365 e. The molecule has 2 bridgehead atoms. The first-order valence-corrected chi connectivity index (χ1v) is 11.3. The Morgan fingerprint density at radius 1 is 1.18 bits per heavy atom. The Morgan fingerprint density at radius 3 is 2.82 bits per heavy atom. The number of hydrogen-bond donors (Lipinski definition) is 2. The number of sulfonamides is 1. The van der Waals surface area contributed by atoms with Crippen LogP contribution in [0.25, 0.3) is 0 Å². The first-order valence-electron chi connectivity index (χ1n) is 9.76. The van der Waals surface area contributed by atoms with Crippen LogP contribution in [0.3, 0.4) is 0 Å². The third kappa shape index (κ3) is 3.31. The maximum atomic E-state index is 11.6. The summed E-state index contributed by atoms with van der Waals surface area (Å²) in [5.74, 6) is 3.06. The van der Waals surface area contributed by atoms with Crippen molar-refractivity contribution in [3.8, 4) is 0 Å². The van der Waals surface area contributed by atoms with Gasteiger partial charge in [-0.2, -0.15) is 0 Å². The van der Waals surface area contributed by atoms with Crippen molar-refractivity contribution < 1.29 is 8.42 Å². The maximum Gasteiger partial charge on any atom is 0.238 e. The fourth-order valence-corrected chi connectivity index (χ4v) is 5.43. The highest BCUT2D eigenvalue weighted by atomic mass is 32.2. The molecule has 2 heterocycles. The lowest BCUT2D eigenvalue weighted by molar-refractivity contribution is 0.439. The summed E-state index contributed by atoms with van der Waals surface area (Å²) in [5.41, 5.74) is 2.60. The smallest absolute Gasteiger partial charge is 0.238 e. The lowest BCUT2D eigenvalue weighted by Gasteiger charge is -2.24. The van der Waals surface area contributed by atoms with Crippen LogP contribution in [-0.2, 0) is 22.9 Å². The van der Waals surface area contributed by atoms with Crippen molar-refractivity contribution in [3.63, 3.8) is 0 Å². The van der Waals surface area contributed by atoms with Gasteiger partial charge in [-0.3, -0.25) is 4.99 Å². The summed E-state index contributed by atoms with van der Waals surface area (Å²) >= 11 is 0. The number of fused-ring (bicyclic) bond motifs is 3. The molecule has 2 saturated carbocycles. The van der Waals surface area contributed by atoms with Crippen molar-refractivity contribution in [2.75, 3.05) is 5.32 Å². The second kappa shape index (κ2) is 6.63. The monoisotopic (exact) mass is 397 g/mol. The van der Waals surface area contributed by atoms with E-state index in [-0.39, 0.29) is 4.90 Å². The summed E-state index contributed by atoms with van der Waals surface area (Å²) in [4.78, 5) is 14.0. The van der Waals surface area contributed by atoms with Gasteiger partial charge < -0.3 is 5.32 Å². The fourth-order valence-electron chi connectivity index (χ4n) is 4.85. The number of primary sulfonamides is 1. The van der Waals surface area contributed by atoms with Crippen LogP contribution in [0.15, 0.2) is 34.2 Å². The highest BCUT2D eigenvalue weighted by molar-refractivity contribution is 7.89. The zero-order chi connectivity index (χ0) is 19.3. The first kappa shape index (κ1) is 17.8. The molecule has 1 aromatic heterocycles. The number of nitrogens with two attached hydrogens (primary N) is 1. The molecule has 2 aliphatic carbocycles. The Morgan fingerprint density at radius 2 is 2.07 bits per heavy atom. The largest absolute Gasteiger partial charge is 0.365 e. The van der Waals surface area contributed by atoms with Gasteiger partial charge in [-0.05, 0) is 48.8 Å². The lowest BCUT2D eigenvalue weighted by atomic mass is 9.95. The molecule has 2 fully saturated rings. The van der Waals surface area contributed by atoms with E-state index in [4.69, 9.17) is 10.1 Å². The predicted molar refractivity (Wildman–Crippen MR) is 107 cm³/mol. The number of anilines is 1. The first-order chi connectivity index (χ1) is 13.5. The SMILES string of the molecule is NS(=O)(=O)c1cccc(Cc2nc3c(c(NC4CC5CCC4C5)n2)N=CC3)c1. The van der Waals surface area contributed by atoms with Crippen molar-refractivity contribution in [1.82, 2.24) is 9.97 Å². The third-order valence-electron chi connectivity index (χ3n) is 6.16. The van der Waals surface area contributed by atoms with Crippen LogP contribution in [0.1, 0.15) is 42.8 Å². The molecule has 146 valence electrons. The predicted octanol–water partition coefficient (Wildman–Crippen LogP) is 2.57. The van der Waals surface area contributed by atoms with Gasteiger partial charge in [-0.25, -0.2) is 23.5 Å². The molecule has 2 aromatic rings. The quantitative estimate of drug-likeness (QED) is 0.806. The van der Waals surface area contributed by atoms with Gasteiger partial charge in [-0.15, -0.1) is 0 Å². The van der Waals surface area contributed by atoms with Crippen molar-refractivity contribution in [2.45, 2.75) is 49.5 Å². The van der Waals surface area contributed by atoms with E-state index in [1.54, 1.807) is 12.1 Å². The number of hydrogen-bond acceptors (Lipinski definition) is 6. The van der Waals surface area contributed by atoms with Gasteiger partial charge in [0, 0.05) is 25.1 Å². The van der Waals surface area contributed by atoms with Crippen molar-refractivity contribution in [3.05, 3.63) is 41.3 Å². The zero-order valence-electron chi connectivity index (χ0n) is 15.5. The van der Waals surface area contributed by atoms with Crippen LogP contribution in [0, 0.1) is 11.8 Å². The maximum absolute atomic E-state index is 11.6. The number of aromatic nitrogens is 2. The summed E-state index contributed by atoms with van der Waals surface area (Å²) < 4.78 is 23.2. The molecular weight excluding hydrogens is 374 g/mol. The average Bonchev–Trinajstić information content (AvgIpc) is 3.37. The molecule has 8 heteroatoms. The fraction of sp³-hybridized carbons (Fsp3) is 0.450. The Bertz CT molecular complexity index is 1070. The van der Waals surface area contributed by atoms with E-state index in [9.17, 15) is 8.42 Å². The van der Waals surface area contributed by atoms with Crippen LogP contribution >= 0.6 is 0 Å². The summed E-state index contributed by atoms with van der Waals surface area (Å²) in [5, 5.41) is 8.91. The van der Waals surface area contributed by atoms with Crippen molar-refractivity contribution in [1.29, 1.82) is 0 Å². The van der Waals surface area contributed by atoms with Gasteiger partial charge in [0.1, 0.15) is 11.5 Å². The van der Waals surface area contributed by atoms with E-state index in [2.05, 4.69) is 15.3 Å². The lowest BCUT2D eigenvalue weighted by Crippen LogP contribution is -2.26. The molecule has 0 amide bonds. The molecule has 3 unspecified atom stereocenters. The second-order valence-corrected chi connectivity index (χ2v) is 9.66. The number of rotatable bonds is 5. The number of benzene rings is 1. The van der Waals surface area contributed by atoms with Gasteiger partial charge in [0.15, 0.2) is 5.82 Å². The highest BCUT2D eigenvalue weighted by Gasteiger charge is 2.40. The van der Waals surface area contributed by atoms with Crippen LogP contribution in [-0.4, -0.2) is 30.6 Å². The Labute approximate surface area is 164 Å². The van der Waals surface area contributed by atoms with E-state index in [0.29, 0.717) is 24.7 Å². The van der Waals surface area contributed by atoms with Crippen LogP contribution in [0.5, 0.6) is 0 Å². The summed E-state index contributed by atoms with van der Waals surface area (Å²) in [6, 6.07) is 7.11. The molecule has 0 radical (unpaired) electrons. The molecule has 7 nitrogen and oxygen atoms in total. The third-order valence-corrected chi connectivity index (χ3v) is 7.07. The molecule has 3 N–H and O–H groups in total. The molecule has 0 saturated heterocycles. The second-order valence-electron chi connectivity index (χ2n) is 8.09. The molecule has 1 aliphatic heterocycles. The topological polar surface area (TPSA) is 110 Å². The standard InChI is InChI=1S/C20H23N5O2S/c21-28(26,27)15-3-1-2-12(9-15)11-18-23-16-6-7-22-19(16)20(25-18)24-17-10-13-4-5-14(17)8-13/h1-3,7,9,13-14,17H,4-6,8,10-11H2,(H2,21,26,27)(H,23,24,25). The summed E-state index contributed by atoms with van der Waals surface area (Å²) in [6.45, 7) is 0. The van der Waals surface area contributed by atoms with Gasteiger partial charge >= 0.3 is 0 Å². The van der Waals surface area contributed by atoms with E-state index in [0.717, 1.165) is 34.6 Å².